The summed E-state index contributed by atoms with van der Waals surface area (Å²) in [7, 11) is 0. The van der Waals surface area contributed by atoms with Gasteiger partial charge in [0.05, 0.1) is 0 Å². The van der Waals surface area contributed by atoms with Crippen molar-refractivity contribution in [3.63, 3.8) is 0 Å². The highest BCUT2D eigenvalue weighted by Crippen LogP contribution is 2.76. The molecular weight excluding hydrogens is 336 g/mol. The summed E-state index contributed by atoms with van der Waals surface area (Å²) in [5.41, 5.74) is 2.70. The molecule has 0 aromatic rings. The Morgan fingerprint density at radius 3 is 2.70 bits per heavy atom. The lowest BCUT2D eigenvalue weighted by molar-refractivity contribution is -0.132. The quantitative estimate of drug-likeness (QED) is 0.751. The van der Waals surface area contributed by atoms with E-state index in [9.17, 15) is 14.7 Å². The molecule has 3 saturated carbocycles. The van der Waals surface area contributed by atoms with Crippen molar-refractivity contribution in [3.8, 4) is 0 Å². The van der Waals surface area contributed by atoms with Gasteiger partial charge in [0.2, 0.25) is 0 Å². The van der Waals surface area contributed by atoms with Gasteiger partial charge in [-0.1, -0.05) is 37.1 Å². The Hall–Kier alpha value is -1.48. The van der Waals surface area contributed by atoms with Crippen LogP contribution >= 0.6 is 0 Å². The van der Waals surface area contributed by atoms with Crippen molar-refractivity contribution in [2.45, 2.75) is 52.9 Å². The molecule has 0 radical (unpaired) electrons. The summed E-state index contributed by atoms with van der Waals surface area (Å²) in [6.07, 6.45) is 13.3. The van der Waals surface area contributed by atoms with Crippen molar-refractivity contribution >= 4 is 11.6 Å². The molecule has 4 unspecified atom stereocenters. The summed E-state index contributed by atoms with van der Waals surface area (Å²) in [4.78, 5) is 24.7. The molecule has 5 aliphatic carbocycles. The van der Waals surface area contributed by atoms with E-state index < -0.39 is 0 Å². The van der Waals surface area contributed by atoms with Crippen LogP contribution < -0.4 is 0 Å². The second-order valence-electron chi connectivity index (χ2n) is 10.3. The van der Waals surface area contributed by atoms with Crippen LogP contribution in [0.2, 0.25) is 0 Å². The molecule has 0 heterocycles. The molecule has 27 heavy (non-hydrogen) atoms. The highest BCUT2D eigenvalue weighted by atomic mass is 16.3. The van der Waals surface area contributed by atoms with E-state index in [1.807, 2.05) is 6.08 Å². The van der Waals surface area contributed by atoms with Gasteiger partial charge in [0.25, 0.3) is 0 Å². The van der Waals surface area contributed by atoms with Crippen LogP contribution in [0.5, 0.6) is 0 Å². The molecule has 1 N–H and O–H groups in total. The number of carbonyl (C=O) groups excluding carboxylic acids is 2. The number of aliphatic hydroxyl groups is 1. The Balaban J connectivity index is 1.58. The Morgan fingerprint density at radius 2 is 2.04 bits per heavy atom. The van der Waals surface area contributed by atoms with Crippen LogP contribution in [0.3, 0.4) is 0 Å². The molecule has 3 nitrogen and oxygen atoms in total. The standard InChI is InChI=1S/C24H30O3/c1-14-11-24(14)12-19-17-5-4-15-10-16(26)6-8-22(15,2)18(17)7-9-23(19,3)21(24)20(27)13-25/h6-8,10,14,17,19,21,25H,4-5,9,11-13H2,1-3H3/t14?,17?,19?,21-,22+,23+,24?/m1/s1. The number of hydrogen-bond acceptors (Lipinski definition) is 3. The van der Waals surface area contributed by atoms with E-state index in [1.165, 1.54) is 11.1 Å². The van der Waals surface area contributed by atoms with Crippen molar-refractivity contribution < 1.29 is 14.7 Å². The minimum atomic E-state index is -0.321. The fourth-order valence-electron chi connectivity index (χ4n) is 7.78. The Morgan fingerprint density at radius 1 is 1.30 bits per heavy atom. The number of Topliss-reactive ketones (excluding diaryl/α,β-unsaturated/α-hetero) is 1. The number of hydrogen-bond donors (Lipinski definition) is 1. The summed E-state index contributed by atoms with van der Waals surface area (Å²) in [5.74, 6) is 1.76. The number of aliphatic hydroxyl groups excluding tert-OH is 1. The van der Waals surface area contributed by atoms with E-state index in [0.717, 1.165) is 32.1 Å². The third-order valence-electron chi connectivity index (χ3n) is 9.20. The minimum absolute atomic E-state index is 0.000945. The Bertz CT molecular complexity index is 833. The molecule has 144 valence electrons. The summed E-state index contributed by atoms with van der Waals surface area (Å²) in [5, 5.41) is 9.69. The molecular formula is C24H30O3. The van der Waals surface area contributed by atoms with E-state index in [0.29, 0.717) is 17.8 Å². The average Bonchev–Trinajstić information content (AvgIpc) is 3.17. The summed E-state index contributed by atoms with van der Waals surface area (Å²) >= 11 is 0. The van der Waals surface area contributed by atoms with Crippen LogP contribution in [0.15, 0.2) is 35.5 Å². The van der Waals surface area contributed by atoms with Crippen LogP contribution in [0, 0.1) is 39.9 Å². The van der Waals surface area contributed by atoms with Gasteiger partial charge in [-0.15, -0.1) is 0 Å². The third-order valence-corrected chi connectivity index (χ3v) is 9.20. The average molecular weight is 367 g/mol. The number of carbonyl (C=O) groups is 2. The van der Waals surface area contributed by atoms with E-state index in [-0.39, 0.29) is 40.3 Å². The topological polar surface area (TPSA) is 54.4 Å². The van der Waals surface area contributed by atoms with Gasteiger partial charge in [-0.05, 0) is 79.8 Å². The van der Waals surface area contributed by atoms with Crippen LogP contribution in [-0.2, 0) is 9.59 Å². The molecule has 3 fully saturated rings. The zero-order valence-electron chi connectivity index (χ0n) is 16.6. The van der Waals surface area contributed by atoms with Crippen LogP contribution in [0.4, 0.5) is 0 Å². The van der Waals surface area contributed by atoms with Crippen LogP contribution in [-0.4, -0.2) is 23.3 Å². The maximum absolute atomic E-state index is 12.8. The first-order chi connectivity index (χ1) is 12.8. The molecule has 5 aliphatic rings. The first kappa shape index (κ1) is 17.6. The predicted octanol–water partition coefficient (Wildman–Crippen LogP) is 4.03. The van der Waals surface area contributed by atoms with E-state index in [1.54, 1.807) is 6.08 Å². The molecule has 0 aromatic heterocycles. The van der Waals surface area contributed by atoms with Crippen molar-refractivity contribution in [2.75, 3.05) is 6.61 Å². The van der Waals surface area contributed by atoms with E-state index in [4.69, 9.17) is 0 Å². The van der Waals surface area contributed by atoms with Crippen molar-refractivity contribution in [3.05, 3.63) is 35.5 Å². The molecule has 0 aliphatic heterocycles. The molecule has 7 atom stereocenters. The molecule has 5 rings (SSSR count). The second-order valence-corrected chi connectivity index (χ2v) is 10.3. The lowest BCUT2D eigenvalue weighted by Gasteiger charge is -2.52. The summed E-state index contributed by atoms with van der Waals surface area (Å²) in [6, 6.07) is 0. The van der Waals surface area contributed by atoms with Gasteiger partial charge in [0.1, 0.15) is 6.61 Å². The van der Waals surface area contributed by atoms with Crippen molar-refractivity contribution in [1.29, 1.82) is 0 Å². The summed E-state index contributed by atoms with van der Waals surface area (Å²) < 4.78 is 0. The number of allylic oxidation sites excluding steroid dienone is 6. The highest BCUT2D eigenvalue weighted by Gasteiger charge is 2.72. The first-order valence-electron chi connectivity index (χ1n) is 10.5. The van der Waals surface area contributed by atoms with Crippen molar-refractivity contribution in [1.82, 2.24) is 0 Å². The first-order valence-corrected chi connectivity index (χ1v) is 10.5. The lowest BCUT2D eigenvalue weighted by Crippen LogP contribution is -2.45. The third kappa shape index (κ3) is 2.07. The molecule has 1 spiro atoms. The lowest BCUT2D eigenvalue weighted by atomic mass is 9.52. The molecule has 0 amide bonds. The number of rotatable bonds is 2. The largest absolute Gasteiger partial charge is 0.389 e. The van der Waals surface area contributed by atoms with Gasteiger partial charge in [-0.2, -0.15) is 0 Å². The van der Waals surface area contributed by atoms with Gasteiger partial charge in [-0.3, -0.25) is 9.59 Å². The van der Waals surface area contributed by atoms with Gasteiger partial charge in [-0.25, -0.2) is 0 Å². The zero-order valence-corrected chi connectivity index (χ0v) is 16.6. The minimum Gasteiger partial charge on any atom is -0.389 e. The summed E-state index contributed by atoms with van der Waals surface area (Å²) in [6.45, 7) is 6.55. The monoisotopic (exact) mass is 366 g/mol. The molecule has 0 aromatic carbocycles. The maximum atomic E-state index is 12.8. The molecule has 3 heteroatoms. The van der Waals surface area contributed by atoms with Crippen LogP contribution in [0.1, 0.15) is 52.9 Å². The number of fused-ring (bicyclic) bond motifs is 5. The Labute approximate surface area is 161 Å². The van der Waals surface area contributed by atoms with Gasteiger partial charge >= 0.3 is 0 Å². The highest BCUT2D eigenvalue weighted by molar-refractivity contribution is 6.01. The van der Waals surface area contributed by atoms with E-state index in [2.05, 4.69) is 32.9 Å². The second kappa shape index (κ2) is 5.31. The molecule has 0 saturated heterocycles. The smallest absolute Gasteiger partial charge is 0.178 e. The fourth-order valence-corrected chi connectivity index (χ4v) is 7.78. The number of ketones is 2. The van der Waals surface area contributed by atoms with Gasteiger partial charge in [0, 0.05) is 11.3 Å². The zero-order chi connectivity index (χ0) is 19.2. The SMILES string of the molecule is CC1CC12CC1C3CCC4=CC(=O)C=C[C@]4(C)C3=CC[C@]1(C)[C@H]2C(=O)CO. The maximum Gasteiger partial charge on any atom is 0.178 e. The van der Waals surface area contributed by atoms with Gasteiger partial charge in [0.15, 0.2) is 11.6 Å². The predicted molar refractivity (Wildman–Crippen MR) is 104 cm³/mol. The van der Waals surface area contributed by atoms with Crippen molar-refractivity contribution in [2.24, 2.45) is 39.9 Å². The fraction of sp³-hybridized carbons (Fsp3) is 0.667. The Kier molecular flexibility index (Phi) is 3.47. The van der Waals surface area contributed by atoms with Crippen LogP contribution in [0.25, 0.3) is 0 Å². The normalized spacial score (nSPS) is 49.9. The van der Waals surface area contributed by atoms with E-state index >= 15 is 0 Å². The molecule has 0 bridgehead atoms. The van der Waals surface area contributed by atoms with Gasteiger partial charge < -0.3 is 5.11 Å².